The summed E-state index contributed by atoms with van der Waals surface area (Å²) in [5, 5.41) is 0. The number of hydrogen-bond acceptors (Lipinski definition) is 2. The van der Waals surface area contributed by atoms with E-state index in [0.717, 1.165) is 24.0 Å². The maximum absolute atomic E-state index is 13.1. The van der Waals surface area contributed by atoms with Crippen LogP contribution >= 0.6 is 0 Å². The molecule has 134 valence electrons. The van der Waals surface area contributed by atoms with E-state index in [0.29, 0.717) is 24.7 Å². The molecule has 1 aromatic rings. The topological polar surface area (TPSA) is 28.5 Å². The summed E-state index contributed by atoms with van der Waals surface area (Å²) in [5.41, 5.74) is 0.534. The minimum atomic E-state index is -2.67. The predicted molar refractivity (Wildman–Crippen MR) is 89.3 cm³/mol. The highest BCUT2D eigenvalue weighted by atomic mass is 19.3. The molecule has 2 saturated heterocycles. The number of aromatic nitrogens is 1. The van der Waals surface area contributed by atoms with E-state index >= 15 is 0 Å². The number of amides is 1. The van der Waals surface area contributed by atoms with Crippen molar-refractivity contribution in [2.24, 2.45) is 5.92 Å². The number of piperidine rings is 1. The third kappa shape index (κ3) is 3.79. The van der Waals surface area contributed by atoms with Gasteiger partial charge >= 0.3 is 6.55 Å². The number of halogens is 2. The lowest BCUT2D eigenvalue weighted by atomic mass is 9.93. The quantitative estimate of drug-likeness (QED) is 0.821. The zero-order valence-electron chi connectivity index (χ0n) is 14.4. The molecule has 2 fully saturated rings. The Hall–Kier alpha value is -1.43. The molecule has 0 aromatic carbocycles. The molecule has 4 nitrogen and oxygen atoms in total. The fourth-order valence-electron chi connectivity index (χ4n) is 3.94. The molecule has 1 amide bonds. The van der Waals surface area contributed by atoms with Crippen LogP contribution in [0, 0.1) is 12.8 Å². The lowest BCUT2D eigenvalue weighted by Gasteiger charge is -2.33. The molecular formula is C18H27F2N3O. The maximum Gasteiger partial charge on any atom is 0.319 e. The molecule has 0 unspecified atom stereocenters. The van der Waals surface area contributed by atoms with Crippen molar-refractivity contribution in [1.29, 1.82) is 0 Å². The number of carbonyl (C=O) groups excluding carboxylic acids is 1. The van der Waals surface area contributed by atoms with Crippen LogP contribution in [0.3, 0.4) is 0 Å². The van der Waals surface area contributed by atoms with E-state index < -0.39 is 6.55 Å². The SMILES string of the molecule is Cc1ccc(C(=O)N2CCC(CCN3CCCC3)CC2)n1C(F)F. The Labute approximate surface area is 142 Å². The zero-order valence-corrected chi connectivity index (χ0v) is 14.4. The molecule has 1 aromatic heterocycles. The monoisotopic (exact) mass is 339 g/mol. The van der Waals surface area contributed by atoms with Crippen LogP contribution in [0.2, 0.25) is 0 Å². The Morgan fingerprint density at radius 3 is 2.46 bits per heavy atom. The van der Waals surface area contributed by atoms with Crippen LogP contribution in [-0.2, 0) is 0 Å². The van der Waals surface area contributed by atoms with E-state index in [2.05, 4.69) is 4.90 Å². The molecule has 0 spiro atoms. The predicted octanol–water partition coefficient (Wildman–Crippen LogP) is 3.53. The lowest BCUT2D eigenvalue weighted by Crippen LogP contribution is -2.40. The summed E-state index contributed by atoms with van der Waals surface area (Å²) in [6, 6.07) is 3.10. The molecule has 3 heterocycles. The molecule has 3 rings (SSSR count). The van der Waals surface area contributed by atoms with Gasteiger partial charge in [-0.25, -0.2) is 0 Å². The largest absolute Gasteiger partial charge is 0.337 e. The molecule has 0 aliphatic carbocycles. The maximum atomic E-state index is 13.1. The van der Waals surface area contributed by atoms with Gasteiger partial charge < -0.3 is 9.80 Å². The fraction of sp³-hybridized carbons (Fsp3) is 0.722. The summed E-state index contributed by atoms with van der Waals surface area (Å²) in [6.07, 6.45) is 5.78. The van der Waals surface area contributed by atoms with Gasteiger partial charge in [0.25, 0.3) is 5.91 Å². The number of likely N-dealkylation sites (tertiary alicyclic amines) is 2. The summed E-state index contributed by atoms with van der Waals surface area (Å²) in [4.78, 5) is 16.8. The van der Waals surface area contributed by atoms with Crippen LogP contribution in [0.15, 0.2) is 12.1 Å². The third-order valence-electron chi connectivity index (χ3n) is 5.49. The summed E-state index contributed by atoms with van der Waals surface area (Å²) in [7, 11) is 0. The summed E-state index contributed by atoms with van der Waals surface area (Å²) in [6.45, 7) is 3.90. The number of aryl methyl sites for hydroxylation is 1. The first-order valence-corrected chi connectivity index (χ1v) is 9.04. The van der Waals surface area contributed by atoms with Gasteiger partial charge in [-0.15, -0.1) is 0 Å². The van der Waals surface area contributed by atoms with Gasteiger partial charge in [0.05, 0.1) is 0 Å². The second kappa shape index (κ2) is 7.64. The lowest BCUT2D eigenvalue weighted by molar-refractivity contribution is 0.0517. The Bertz CT molecular complexity index is 559. The minimum absolute atomic E-state index is 0.109. The summed E-state index contributed by atoms with van der Waals surface area (Å²) >= 11 is 0. The van der Waals surface area contributed by atoms with E-state index in [1.54, 1.807) is 17.9 Å². The highest BCUT2D eigenvalue weighted by molar-refractivity contribution is 5.93. The van der Waals surface area contributed by atoms with Gasteiger partial charge in [-0.05, 0) is 76.7 Å². The Balaban J connectivity index is 1.51. The van der Waals surface area contributed by atoms with Gasteiger partial charge in [0, 0.05) is 18.8 Å². The number of hydrogen-bond donors (Lipinski definition) is 0. The zero-order chi connectivity index (χ0) is 17.1. The summed E-state index contributed by atoms with van der Waals surface area (Å²) in [5.74, 6) is 0.389. The van der Waals surface area contributed by atoms with E-state index in [-0.39, 0.29) is 11.6 Å². The standard InChI is InChI=1S/C18H27F2N3O/c1-14-4-5-16(23(14)18(19)20)17(24)22-12-7-15(8-13-22)6-11-21-9-2-3-10-21/h4-5,15,18H,2-3,6-13H2,1H3. The van der Waals surface area contributed by atoms with Crippen LogP contribution in [-0.4, -0.2) is 53.0 Å². The first-order chi connectivity index (χ1) is 11.6. The minimum Gasteiger partial charge on any atom is -0.337 e. The van der Waals surface area contributed by atoms with Crippen LogP contribution in [0.4, 0.5) is 8.78 Å². The number of carbonyl (C=O) groups is 1. The first-order valence-electron chi connectivity index (χ1n) is 9.04. The van der Waals surface area contributed by atoms with Crippen molar-refractivity contribution in [1.82, 2.24) is 14.4 Å². The Kier molecular flexibility index (Phi) is 5.54. The van der Waals surface area contributed by atoms with E-state index in [4.69, 9.17) is 0 Å². The molecule has 0 radical (unpaired) electrons. The van der Waals surface area contributed by atoms with Crippen molar-refractivity contribution in [3.8, 4) is 0 Å². The smallest absolute Gasteiger partial charge is 0.319 e. The van der Waals surface area contributed by atoms with Gasteiger partial charge in [-0.1, -0.05) is 0 Å². The molecule has 2 aliphatic rings. The van der Waals surface area contributed by atoms with Crippen molar-refractivity contribution < 1.29 is 13.6 Å². The third-order valence-corrected chi connectivity index (χ3v) is 5.49. The summed E-state index contributed by atoms with van der Waals surface area (Å²) < 4.78 is 27.1. The Morgan fingerprint density at radius 2 is 1.83 bits per heavy atom. The molecule has 0 saturated carbocycles. The second-order valence-electron chi connectivity index (χ2n) is 7.08. The van der Waals surface area contributed by atoms with E-state index in [1.807, 2.05) is 0 Å². The van der Waals surface area contributed by atoms with Crippen molar-refractivity contribution in [2.75, 3.05) is 32.7 Å². The highest BCUT2D eigenvalue weighted by Gasteiger charge is 2.27. The molecule has 2 aliphatic heterocycles. The molecule has 0 bridgehead atoms. The van der Waals surface area contributed by atoms with Gasteiger partial charge in [0.2, 0.25) is 0 Å². The van der Waals surface area contributed by atoms with E-state index in [9.17, 15) is 13.6 Å². The average Bonchev–Trinajstić information content (AvgIpc) is 3.22. The van der Waals surface area contributed by atoms with Crippen molar-refractivity contribution in [3.63, 3.8) is 0 Å². The fourth-order valence-corrected chi connectivity index (χ4v) is 3.94. The average molecular weight is 339 g/mol. The van der Waals surface area contributed by atoms with Gasteiger partial charge in [-0.2, -0.15) is 8.78 Å². The second-order valence-corrected chi connectivity index (χ2v) is 7.08. The Morgan fingerprint density at radius 1 is 1.17 bits per heavy atom. The van der Waals surface area contributed by atoms with Crippen molar-refractivity contribution >= 4 is 5.91 Å². The van der Waals surface area contributed by atoms with Crippen molar-refractivity contribution in [2.45, 2.75) is 45.6 Å². The van der Waals surface area contributed by atoms with Gasteiger partial charge in [-0.3, -0.25) is 9.36 Å². The molecule has 24 heavy (non-hydrogen) atoms. The van der Waals surface area contributed by atoms with Gasteiger partial charge in [0.1, 0.15) is 5.69 Å². The first kappa shape index (κ1) is 17.4. The molecular weight excluding hydrogens is 312 g/mol. The van der Waals surface area contributed by atoms with Crippen molar-refractivity contribution in [3.05, 3.63) is 23.5 Å². The number of rotatable bonds is 5. The molecule has 6 heteroatoms. The van der Waals surface area contributed by atoms with Crippen LogP contribution < -0.4 is 0 Å². The van der Waals surface area contributed by atoms with Crippen LogP contribution in [0.1, 0.15) is 54.8 Å². The van der Waals surface area contributed by atoms with E-state index in [1.165, 1.54) is 38.4 Å². The molecule has 0 atom stereocenters. The molecule has 0 N–H and O–H groups in total. The van der Waals surface area contributed by atoms with Gasteiger partial charge in [0.15, 0.2) is 0 Å². The normalized spacial score (nSPS) is 20.2. The number of alkyl halides is 2. The number of nitrogens with zero attached hydrogens (tertiary/aromatic N) is 3. The van der Waals surface area contributed by atoms with Crippen LogP contribution in [0.5, 0.6) is 0 Å². The van der Waals surface area contributed by atoms with Crippen LogP contribution in [0.25, 0.3) is 0 Å². The highest BCUT2D eigenvalue weighted by Crippen LogP contribution is 2.25.